The molecule has 0 aromatic heterocycles. The molecule has 0 spiro atoms. The van der Waals surface area contributed by atoms with Gasteiger partial charge >= 0.3 is 5.97 Å². The minimum atomic E-state index is -0.261. The molecule has 1 aromatic rings. The summed E-state index contributed by atoms with van der Waals surface area (Å²) in [7, 11) is 0. The zero-order valence-electron chi connectivity index (χ0n) is 12.0. The van der Waals surface area contributed by atoms with Crippen molar-refractivity contribution in [2.75, 3.05) is 0 Å². The van der Waals surface area contributed by atoms with Gasteiger partial charge in [0.25, 0.3) is 0 Å². The molecule has 0 aliphatic heterocycles. The molecule has 0 heterocycles. The van der Waals surface area contributed by atoms with E-state index in [1.54, 1.807) is 0 Å². The smallest absolute Gasteiger partial charge is 0.308 e. The first-order valence-corrected chi connectivity index (χ1v) is 6.56. The first kappa shape index (κ1) is 13.1. The quantitative estimate of drug-likeness (QED) is 0.554. The lowest BCUT2D eigenvalue weighted by Crippen LogP contribution is -2.33. The predicted octanol–water partition coefficient (Wildman–Crippen LogP) is 3.96. The summed E-state index contributed by atoms with van der Waals surface area (Å²) < 4.78 is 5.20. The third-order valence-electron chi connectivity index (χ3n) is 4.09. The molecule has 98 valence electrons. The molecular formula is C16H22O2. The Morgan fingerprint density at radius 2 is 1.61 bits per heavy atom. The van der Waals surface area contributed by atoms with E-state index in [0.29, 0.717) is 5.75 Å². The number of fused-ring (bicyclic) bond motifs is 1. The van der Waals surface area contributed by atoms with Crippen molar-refractivity contribution in [1.29, 1.82) is 0 Å². The summed E-state index contributed by atoms with van der Waals surface area (Å²) in [6.45, 7) is 10.5. The van der Waals surface area contributed by atoms with E-state index in [2.05, 4.69) is 33.8 Å². The molecule has 0 N–H and O–H groups in total. The van der Waals surface area contributed by atoms with Gasteiger partial charge in [-0.2, -0.15) is 0 Å². The maximum atomic E-state index is 11.0. The van der Waals surface area contributed by atoms with Crippen LogP contribution >= 0.6 is 0 Å². The molecule has 18 heavy (non-hydrogen) atoms. The van der Waals surface area contributed by atoms with Crippen LogP contribution in [-0.4, -0.2) is 5.97 Å². The second kappa shape index (κ2) is 4.11. The fourth-order valence-corrected chi connectivity index (χ4v) is 2.80. The van der Waals surface area contributed by atoms with Gasteiger partial charge in [-0.05, 0) is 46.9 Å². The number of ether oxygens (including phenoxy) is 1. The van der Waals surface area contributed by atoms with E-state index in [-0.39, 0.29) is 16.8 Å². The van der Waals surface area contributed by atoms with Crippen molar-refractivity contribution in [1.82, 2.24) is 0 Å². The average Bonchev–Trinajstić information content (AvgIpc) is 2.24. The first-order chi connectivity index (χ1) is 8.22. The van der Waals surface area contributed by atoms with Gasteiger partial charge in [-0.3, -0.25) is 4.79 Å². The normalized spacial score (nSPS) is 20.1. The molecule has 0 saturated heterocycles. The Kier molecular flexibility index (Phi) is 3.00. The molecule has 1 aliphatic carbocycles. The molecule has 0 atom stereocenters. The fraction of sp³-hybridized carbons (Fsp3) is 0.562. The van der Waals surface area contributed by atoms with Crippen LogP contribution in [-0.2, 0) is 15.6 Å². The fourth-order valence-electron chi connectivity index (χ4n) is 2.80. The molecule has 0 amide bonds. The van der Waals surface area contributed by atoms with Gasteiger partial charge in [0.1, 0.15) is 5.75 Å². The summed E-state index contributed by atoms with van der Waals surface area (Å²) in [4.78, 5) is 11.0. The monoisotopic (exact) mass is 246 g/mol. The summed E-state index contributed by atoms with van der Waals surface area (Å²) in [5, 5.41) is 0. The van der Waals surface area contributed by atoms with E-state index in [0.717, 1.165) is 6.42 Å². The molecule has 1 aromatic carbocycles. The van der Waals surface area contributed by atoms with E-state index in [4.69, 9.17) is 4.74 Å². The second-order valence-electron chi connectivity index (χ2n) is 6.57. The van der Waals surface area contributed by atoms with Crippen LogP contribution in [0.15, 0.2) is 18.2 Å². The number of hydrogen-bond acceptors (Lipinski definition) is 2. The maximum absolute atomic E-state index is 11.0. The minimum Gasteiger partial charge on any atom is -0.427 e. The van der Waals surface area contributed by atoms with Crippen molar-refractivity contribution in [2.24, 2.45) is 0 Å². The van der Waals surface area contributed by atoms with Crippen molar-refractivity contribution in [3.05, 3.63) is 29.3 Å². The molecule has 0 saturated carbocycles. The van der Waals surface area contributed by atoms with Crippen LogP contribution in [0.1, 0.15) is 58.6 Å². The molecule has 0 fully saturated rings. The molecule has 0 bridgehead atoms. The first-order valence-electron chi connectivity index (χ1n) is 6.56. The minimum absolute atomic E-state index is 0.154. The van der Waals surface area contributed by atoms with Gasteiger partial charge in [0, 0.05) is 6.92 Å². The largest absolute Gasteiger partial charge is 0.427 e. The highest BCUT2D eigenvalue weighted by Crippen LogP contribution is 2.46. The summed E-state index contributed by atoms with van der Waals surface area (Å²) in [6, 6.07) is 6.07. The Hall–Kier alpha value is -1.31. The van der Waals surface area contributed by atoms with Gasteiger partial charge in [0.2, 0.25) is 0 Å². The van der Waals surface area contributed by atoms with Crippen molar-refractivity contribution >= 4 is 5.97 Å². The van der Waals surface area contributed by atoms with E-state index >= 15 is 0 Å². The average molecular weight is 246 g/mol. The van der Waals surface area contributed by atoms with Gasteiger partial charge in [-0.1, -0.05) is 33.8 Å². The Labute approximate surface area is 109 Å². The number of rotatable bonds is 1. The molecular weight excluding hydrogens is 224 g/mol. The van der Waals surface area contributed by atoms with Gasteiger partial charge in [0.15, 0.2) is 0 Å². The Bertz CT molecular complexity index is 484. The van der Waals surface area contributed by atoms with Crippen LogP contribution < -0.4 is 4.74 Å². The van der Waals surface area contributed by atoms with E-state index in [1.165, 1.54) is 24.5 Å². The van der Waals surface area contributed by atoms with Crippen LogP contribution in [0.4, 0.5) is 0 Å². The lowest BCUT2D eigenvalue weighted by molar-refractivity contribution is -0.131. The van der Waals surface area contributed by atoms with Gasteiger partial charge in [0.05, 0.1) is 0 Å². The van der Waals surface area contributed by atoms with Gasteiger partial charge < -0.3 is 4.74 Å². The van der Waals surface area contributed by atoms with Crippen LogP contribution in [0.5, 0.6) is 5.75 Å². The highest BCUT2D eigenvalue weighted by Gasteiger charge is 2.37. The SMILES string of the molecule is CC(=O)Oc1ccc2c(c1)C(C)(C)CCC2(C)C. The number of carbonyl (C=O) groups is 1. The summed E-state index contributed by atoms with van der Waals surface area (Å²) in [5.74, 6) is 0.398. The molecule has 2 rings (SSSR count). The third kappa shape index (κ3) is 2.29. The van der Waals surface area contributed by atoms with Crippen molar-refractivity contribution < 1.29 is 9.53 Å². The van der Waals surface area contributed by atoms with Crippen LogP contribution in [0.25, 0.3) is 0 Å². The Balaban J connectivity index is 2.51. The zero-order chi connectivity index (χ0) is 13.6. The topological polar surface area (TPSA) is 26.3 Å². The van der Waals surface area contributed by atoms with E-state index < -0.39 is 0 Å². The predicted molar refractivity (Wildman–Crippen MR) is 73.0 cm³/mol. The van der Waals surface area contributed by atoms with Crippen molar-refractivity contribution in [3.63, 3.8) is 0 Å². The molecule has 2 nitrogen and oxygen atoms in total. The standard InChI is InChI=1S/C16H22O2/c1-11(17)18-12-6-7-13-14(10-12)16(4,5)9-8-15(13,2)3/h6-7,10H,8-9H2,1-5H3. The lowest BCUT2D eigenvalue weighted by atomic mass is 9.63. The molecule has 1 aliphatic rings. The van der Waals surface area contributed by atoms with E-state index in [1.807, 2.05) is 12.1 Å². The molecule has 0 radical (unpaired) electrons. The Morgan fingerprint density at radius 3 is 2.17 bits per heavy atom. The van der Waals surface area contributed by atoms with Crippen LogP contribution in [0.3, 0.4) is 0 Å². The third-order valence-corrected chi connectivity index (χ3v) is 4.09. The van der Waals surface area contributed by atoms with Gasteiger partial charge in [-0.15, -0.1) is 0 Å². The highest BCUT2D eigenvalue weighted by atomic mass is 16.5. The van der Waals surface area contributed by atoms with Crippen LogP contribution in [0.2, 0.25) is 0 Å². The Morgan fingerprint density at radius 1 is 1.06 bits per heavy atom. The summed E-state index contributed by atoms with van der Waals surface area (Å²) >= 11 is 0. The van der Waals surface area contributed by atoms with Gasteiger partial charge in [-0.25, -0.2) is 0 Å². The highest BCUT2D eigenvalue weighted by molar-refractivity contribution is 5.69. The maximum Gasteiger partial charge on any atom is 0.308 e. The molecule has 0 unspecified atom stereocenters. The second-order valence-corrected chi connectivity index (χ2v) is 6.57. The summed E-state index contributed by atoms with van der Waals surface area (Å²) in [5.41, 5.74) is 3.06. The zero-order valence-corrected chi connectivity index (χ0v) is 12.0. The number of benzene rings is 1. The van der Waals surface area contributed by atoms with Crippen molar-refractivity contribution in [3.8, 4) is 5.75 Å². The number of hydrogen-bond donors (Lipinski definition) is 0. The number of carbonyl (C=O) groups excluding carboxylic acids is 1. The summed E-state index contributed by atoms with van der Waals surface area (Å²) in [6.07, 6.45) is 2.36. The van der Waals surface area contributed by atoms with E-state index in [9.17, 15) is 4.79 Å². The number of esters is 1. The van der Waals surface area contributed by atoms with Crippen molar-refractivity contribution in [2.45, 2.75) is 58.3 Å². The van der Waals surface area contributed by atoms with Crippen LogP contribution in [0, 0.1) is 0 Å². The lowest BCUT2D eigenvalue weighted by Gasteiger charge is -2.41. The molecule has 2 heteroatoms.